The van der Waals surface area contributed by atoms with Crippen LogP contribution in [0.1, 0.15) is 30.9 Å². The topological polar surface area (TPSA) is 76.0 Å². The molecule has 4 rings (SSSR count). The number of amides is 1. The third-order valence-electron chi connectivity index (χ3n) is 5.64. The van der Waals surface area contributed by atoms with Gasteiger partial charge in [0.1, 0.15) is 5.75 Å². The molecule has 0 aliphatic carbocycles. The van der Waals surface area contributed by atoms with Crippen LogP contribution in [0.2, 0.25) is 0 Å². The van der Waals surface area contributed by atoms with Gasteiger partial charge < -0.3 is 9.64 Å². The number of carbonyl (C=O) groups is 1. The number of hydrogen-bond acceptors (Lipinski definition) is 5. The van der Waals surface area contributed by atoms with E-state index in [-0.39, 0.29) is 35.1 Å². The number of sulfone groups is 1. The molecule has 2 saturated heterocycles. The minimum absolute atomic E-state index is 0.0856. The SMILES string of the molecule is COc1ccc(CC(=O)N=C2S[C@@H]3CS(=O)(=O)C[C@H]3N2c2ccc(C(C)C)cc2)cc1. The normalized spacial score (nSPS) is 23.4. The summed E-state index contributed by atoms with van der Waals surface area (Å²) in [4.78, 5) is 19.1. The summed E-state index contributed by atoms with van der Waals surface area (Å²) in [5.74, 6) is 1.09. The van der Waals surface area contributed by atoms with Gasteiger partial charge in [0, 0.05) is 10.9 Å². The number of ether oxygens (including phenoxy) is 1. The Balaban J connectivity index is 1.60. The fraction of sp³-hybridized carbons (Fsp3) is 0.391. The Kier molecular flexibility index (Phi) is 6.12. The average molecular weight is 459 g/mol. The smallest absolute Gasteiger partial charge is 0.252 e. The van der Waals surface area contributed by atoms with E-state index in [1.54, 1.807) is 7.11 Å². The number of carbonyl (C=O) groups excluding carboxylic acids is 1. The Hall–Kier alpha value is -2.32. The minimum Gasteiger partial charge on any atom is -0.497 e. The minimum atomic E-state index is -3.09. The molecule has 0 spiro atoms. The zero-order valence-electron chi connectivity index (χ0n) is 17.8. The standard InChI is InChI=1S/C23H26N2O4S2/c1-15(2)17-6-8-18(9-7-17)25-20-13-31(27,28)14-21(20)30-23(25)24-22(26)12-16-4-10-19(29-3)11-5-16/h4-11,15,20-21H,12-14H2,1-3H3/t20-,21-/m1/s1. The fourth-order valence-corrected chi connectivity index (χ4v) is 7.88. The van der Waals surface area contributed by atoms with E-state index in [4.69, 9.17) is 4.74 Å². The first kappa shape index (κ1) is 21.9. The van der Waals surface area contributed by atoms with Gasteiger partial charge >= 0.3 is 0 Å². The molecule has 2 heterocycles. The molecule has 0 saturated carbocycles. The maximum atomic E-state index is 12.7. The predicted molar refractivity (Wildman–Crippen MR) is 126 cm³/mol. The Bertz CT molecular complexity index is 1090. The molecule has 6 nitrogen and oxygen atoms in total. The third-order valence-corrected chi connectivity index (χ3v) is 8.85. The molecule has 0 aromatic heterocycles. The fourth-order valence-electron chi connectivity index (χ4n) is 3.95. The molecule has 2 aliphatic heterocycles. The molecule has 2 aromatic carbocycles. The van der Waals surface area contributed by atoms with Crippen molar-refractivity contribution in [3.05, 3.63) is 59.7 Å². The lowest BCUT2D eigenvalue weighted by Crippen LogP contribution is -2.37. The van der Waals surface area contributed by atoms with Crippen LogP contribution in [-0.2, 0) is 21.1 Å². The zero-order chi connectivity index (χ0) is 22.2. The van der Waals surface area contributed by atoms with Gasteiger partial charge in [0.25, 0.3) is 5.91 Å². The molecule has 0 radical (unpaired) electrons. The molecule has 1 amide bonds. The van der Waals surface area contributed by atoms with Gasteiger partial charge in [-0.1, -0.05) is 49.9 Å². The molecule has 2 fully saturated rings. The summed E-state index contributed by atoms with van der Waals surface area (Å²) in [7, 11) is -1.49. The Morgan fingerprint density at radius 2 is 1.81 bits per heavy atom. The van der Waals surface area contributed by atoms with Crippen LogP contribution in [0, 0.1) is 0 Å². The number of aliphatic imine (C=N–C) groups is 1. The highest BCUT2D eigenvalue weighted by Crippen LogP contribution is 2.41. The Labute approximate surface area is 187 Å². The summed E-state index contributed by atoms with van der Waals surface area (Å²) >= 11 is 1.40. The van der Waals surface area contributed by atoms with Crippen LogP contribution in [-0.4, -0.2) is 49.4 Å². The number of methoxy groups -OCH3 is 1. The summed E-state index contributed by atoms with van der Waals surface area (Å²) in [5, 5.41) is 0.475. The molecule has 2 aliphatic rings. The van der Waals surface area contributed by atoms with E-state index in [0.29, 0.717) is 11.1 Å². The van der Waals surface area contributed by atoms with Gasteiger partial charge in [-0.05, 0) is 41.3 Å². The summed E-state index contributed by atoms with van der Waals surface area (Å²) in [5.41, 5.74) is 2.94. The van der Waals surface area contributed by atoms with Gasteiger partial charge in [-0.3, -0.25) is 4.79 Å². The Morgan fingerprint density at radius 3 is 2.42 bits per heavy atom. The quantitative estimate of drug-likeness (QED) is 0.681. The first-order valence-corrected chi connectivity index (χ1v) is 13.0. The van der Waals surface area contributed by atoms with Crippen LogP contribution < -0.4 is 9.64 Å². The second-order valence-electron chi connectivity index (χ2n) is 8.23. The number of rotatable bonds is 5. The van der Waals surface area contributed by atoms with E-state index >= 15 is 0 Å². The van der Waals surface area contributed by atoms with E-state index in [2.05, 4.69) is 31.0 Å². The maximum Gasteiger partial charge on any atom is 0.252 e. The predicted octanol–water partition coefficient (Wildman–Crippen LogP) is 3.66. The van der Waals surface area contributed by atoms with Gasteiger partial charge in [-0.15, -0.1) is 0 Å². The van der Waals surface area contributed by atoms with Crippen molar-refractivity contribution in [2.75, 3.05) is 23.5 Å². The number of hydrogen-bond donors (Lipinski definition) is 0. The number of thioether (sulfide) groups is 1. The van der Waals surface area contributed by atoms with Crippen molar-refractivity contribution < 1.29 is 17.9 Å². The Morgan fingerprint density at radius 1 is 1.13 bits per heavy atom. The van der Waals surface area contributed by atoms with E-state index in [9.17, 15) is 13.2 Å². The van der Waals surface area contributed by atoms with E-state index in [1.807, 2.05) is 41.3 Å². The van der Waals surface area contributed by atoms with Crippen molar-refractivity contribution in [3.63, 3.8) is 0 Å². The average Bonchev–Trinajstić information content (AvgIpc) is 3.19. The molecule has 31 heavy (non-hydrogen) atoms. The maximum absolute atomic E-state index is 12.7. The van der Waals surface area contributed by atoms with Crippen LogP contribution >= 0.6 is 11.8 Å². The van der Waals surface area contributed by atoms with Crippen LogP contribution in [0.4, 0.5) is 5.69 Å². The lowest BCUT2D eigenvalue weighted by atomic mass is 10.0. The van der Waals surface area contributed by atoms with Crippen LogP contribution in [0.3, 0.4) is 0 Å². The van der Waals surface area contributed by atoms with E-state index in [0.717, 1.165) is 17.0 Å². The highest BCUT2D eigenvalue weighted by atomic mass is 32.2. The molecule has 2 aromatic rings. The first-order valence-electron chi connectivity index (χ1n) is 10.3. The third kappa shape index (κ3) is 4.80. The van der Waals surface area contributed by atoms with Crippen molar-refractivity contribution in [3.8, 4) is 5.75 Å². The lowest BCUT2D eigenvalue weighted by molar-refractivity contribution is -0.117. The second-order valence-corrected chi connectivity index (χ2v) is 11.6. The molecule has 0 N–H and O–H groups in total. The molecule has 8 heteroatoms. The number of nitrogens with zero attached hydrogens (tertiary/aromatic N) is 2. The molecule has 0 bridgehead atoms. The van der Waals surface area contributed by atoms with Gasteiger partial charge in [0.15, 0.2) is 15.0 Å². The van der Waals surface area contributed by atoms with Gasteiger partial charge in [-0.25, -0.2) is 8.42 Å². The van der Waals surface area contributed by atoms with Gasteiger partial charge in [0.2, 0.25) is 0 Å². The molecular formula is C23H26N2O4S2. The number of anilines is 1. The van der Waals surface area contributed by atoms with Crippen molar-refractivity contribution in [2.45, 2.75) is 37.5 Å². The molecule has 2 atom stereocenters. The highest BCUT2D eigenvalue weighted by Gasteiger charge is 2.49. The summed E-state index contributed by atoms with van der Waals surface area (Å²) < 4.78 is 29.6. The second kappa shape index (κ2) is 8.67. The molecule has 0 unspecified atom stereocenters. The van der Waals surface area contributed by atoms with Crippen molar-refractivity contribution in [2.24, 2.45) is 4.99 Å². The summed E-state index contributed by atoms with van der Waals surface area (Å²) in [6, 6.07) is 15.2. The first-order chi connectivity index (χ1) is 14.8. The van der Waals surface area contributed by atoms with Crippen molar-refractivity contribution in [1.82, 2.24) is 0 Å². The van der Waals surface area contributed by atoms with Crippen LogP contribution in [0.5, 0.6) is 5.75 Å². The molecular weight excluding hydrogens is 432 g/mol. The van der Waals surface area contributed by atoms with Crippen molar-refractivity contribution >= 4 is 38.4 Å². The lowest BCUT2D eigenvalue weighted by Gasteiger charge is -2.25. The van der Waals surface area contributed by atoms with Gasteiger partial charge in [-0.2, -0.15) is 4.99 Å². The van der Waals surface area contributed by atoms with E-state index < -0.39 is 9.84 Å². The largest absolute Gasteiger partial charge is 0.497 e. The monoisotopic (exact) mass is 458 g/mol. The van der Waals surface area contributed by atoms with Crippen LogP contribution in [0.25, 0.3) is 0 Å². The number of benzene rings is 2. The highest BCUT2D eigenvalue weighted by molar-refractivity contribution is 8.16. The van der Waals surface area contributed by atoms with Crippen molar-refractivity contribution in [1.29, 1.82) is 0 Å². The molecule has 164 valence electrons. The number of amidine groups is 1. The van der Waals surface area contributed by atoms with Crippen LogP contribution in [0.15, 0.2) is 53.5 Å². The summed E-state index contributed by atoms with van der Waals surface area (Å²) in [6.45, 7) is 4.26. The number of fused-ring (bicyclic) bond motifs is 1. The van der Waals surface area contributed by atoms with Gasteiger partial charge in [0.05, 0.1) is 31.1 Å². The summed E-state index contributed by atoms with van der Waals surface area (Å²) in [6.07, 6.45) is 0.182. The zero-order valence-corrected chi connectivity index (χ0v) is 19.4. The van der Waals surface area contributed by atoms with E-state index in [1.165, 1.54) is 17.3 Å².